The number of hydrogen-bond acceptors (Lipinski definition) is 5. The largest absolute Gasteiger partial charge is 0.444 e. The van der Waals surface area contributed by atoms with Crippen LogP contribution in [0.5, 0.6) is 0 Å². The zero-order valence-electron chi connectivity index (χ0n) is 15.5. The number of hydrogen-bond donors (Lipinski definition) is 2. The highest BCUT2D eigenvalue weighted by molar-refractivity contribution is 5.86. The number of fused-ring (bicyclic) bond motifs is 1. The molecule has 0 saturated heterocycles. The Balaban J connectivity index is 2.08. The van der Waals surface area contributed by atoms with Crippen LogP contribution in [0.25, 0.3) is 11.0 Å². The lowest BCUT2D eigenvalue weighted by Crippen LogP contribution is -2.32. The summed E-state index contributed by atoms with van der Waals surface area (Å²) >= 11 is 0. The summed E-state index contributed by atoms with van der Waals surface area (Å²) in [6, 6.07) is 14.7. The molecule has 3 rings (SSSR count). The Hall–Kier alpha value is -3.35. The smallest absolute Gasteiger partial charge is 0.413 e. The number of ether oxygens (including phenoxy) is 1. The van der Waals surface area contributed by atoms with Crippen LogP contribution in [0.3, 0.4) is 0 Å². The highest BCUT2D eigenvalue weighted by Gasteiger charge is 2.19. The standard InChI is InChI=1S/C20H22N4O3/c1-20(2,3)27-19(26)23-17-18(25)24(12-13-7-5-4-6-8-13)16-10-9-14(21)11-15(16)22-17/h4-11H,12,21H2,1-3H3,(H,22,23,26). The Morgan fingerprint density at radius 1 is 1.19 bits per heavy atom. The van der Waals surface area contributed by atoms with E-state index in [2.05, 4.69) is 10.3 Å². The quantitative estimate of drug-likeness (QED) is 0.692. The molecule has 0 aliphatic rings. The van der Waals surface area contributed by atoms with Crippen LogP contribution >= 0.6 is 0 Å². The Kier molecular flexibility index (Phi) is 4.85. The maximum absolute atomic E-state index is 13.0. The van der Waals surface area contributed by atoms with Gasteiger partial charge in [0.2, 0.25) is 5.82 Å². The molecule has 140 valence electrons. The number of nitrogens with two attached hydrogens (primary N) is 1. The summed E-state index contributed by atoms with van der Waals surface area (Å²) in [6.45, 7) is 5.57. The van der Waals surface area contributed by atoms with Crippen molar-refractivity contribution in [3.8, 4) is 0 Å². The zero-order valence-corrected chi connectivity index (χ0v) is 15.5. The van der Waals surface area contributed by atoms with Crippen LogP contribution < -0.4 is 16.6 Å². The Bertz CT molecular complexity index is 1040. The number of rotatable bonds is 3. The van der Waals surface area contributed by atoms with Gasteiger partial charge in [0, 0.05) is 5.69 Å². The molecule has 0 spiro atoms. The number of carbonyl (C=O) groups is 1. The molecule has 0 aliphatic heterocycles. The second kappa shape index (κ2) is 7.11. The van der Waals surface area contributed by atoms with Crippen molar-refractivity contribution in [1.29, 1.82) is 0 Å². The van der Waals surface area contributed by atoms with Crippen molar-refractivity contribution in [3.63, 3.8) is 0 Å². The molecule has 0 saturated carbocycles. The van der Waals surface area contributed by atoms with Crippen LogP contribution in [-0.4, -0.2) is 21.2 Å². The average molecular weight is 366 g/mol. The van der Waals surface area contributed by atoms with E-state index in [0.29, 0.717) is 23.3 Å². The van der Waals surface area contributed by atoms with E-state index >= 15 is 0 Å². The highest BCUT2D eigenvalue weighted by Crippen LogP contribution is 2.18. The highest BCUT2D eigenvalue weighted by atomic mass is 16.6. The molecule has 0 atom stereocenters. The van der Waals surface area contributed by atoms with Crippen molar-refractivity contribution in [2.75, 3.05) is 11.1 Å². The zero-order chi connectivity index (χ0) is 19.6. The molecule has 1 amide bonds. The third kappa shape index (κ3) is 4.44. The summed E-state index contributed by atoms with van der Waals surface area (Å²) in [7, 11) is 0. The Labute approximate surface area is 156 Å². The minimum absolute atomic E-state index is 0.0988. The van der Waals surface area contributed by atoms with Crippen LogP contribution in [-0.2, 0) is 11.3 Å². The van der Waals surface area contributed by atoms with Gasteiger partial charge in [-0.3, -0.25) is 14.7 Å². The number of anilines is 2. The van der Waals surface area contributed by atoms with Crippen molar-refractivity contribution in [3.05, 3.63) is 64.4 Å². The van der Waals surface area contributed by atoms with E-state index in [0.717, 1.165) is 5.56 Å². The number of nitrogens with one attached hydrogen (secondary N) is 1. The van der Waals surface area contributed by atoms with Gasteiger partial charge >= 0.3 is 6.09 Å². The number of nitrogens with zero attached hydrogens (tertiary/aromatic N) is 2. The fraction of sp³-hybridized carbons (Fsp3) is 0.250. The normalized spacial score (nSPS) is 11.4. The molecule has 1 aromatic heterocycles. The molecular formula is C20H22N4O3. The number of nitrogen functional groups attached to an aromatic ring is 1. The van der Waals surface area contributed by atoms with E-state index in [4.69, 9.17) is 10.5 Å². The second-order valence-electron chi connectivity index (χ2n) is 7.21. The van der Waals surface area contributed by atoms with Crippen LogP contribution in [0.4, 0.5) is 16.3 Å². The molecule has 0 unspecified atom stereocenters. The molecular weight excluding hydrogens is 344 g/mol. The Morgan fingerprint density at radius 2 is 1.89 bits per heavy atom. The van der Waals surface area contributed by atoms with Gasteiger partial charge in [0.25, 0.3) is 5.56 Å². The van der Waals surface area contributed by atoms with E-state index in [9.17, 15) is 9.59 Å². The molecule has 3 N–H and O–H groups in total. The summed E-state index contributed by atoms with van der Waals surface area (Å²) in [5.74, 6) is -0.0988. The summed E-state index contributed by atoms with van der Waals surface area (Å²) in [5, 5.41) is 2.46. The van der Waals surface area contributed by atoms with Crippen molar-refractivity contribution in [1.82, 2.24) is 9.55 Å². The molecule has 27 heavy (non-hydrogen) atoms. The van der Waals surface area contributed by atoms with Crippen molar-refractivity contribution in [2.24, 2.45) is 0 Å². The van der Waals surface area contributed by atoms with Crippen molar-refractivity contribution >= 4 is 28.6 Å². The van der Waals surface area contributed by atoms with Gasteiger partial charge in [-0.1, -0.05) is 30.3 Å². The van der Waals surface area contributed by atoms with E-state index in [1.807, 2.05) is 30.3 Å². The predicted molar refractivity (Wildman–Crippen MR) is 106 cm³/mol. The molecule has 7 nitrogen and oxygen atoms in total. The minimum Gasteiger partial charge on any atom is -0.444 e. The third-order valence-electron chi connectivity index (χ3n) is 3.77. The minimum atomic E-state index is -0.735. The molecule has 0 bridgehead atoms. The van der Waals surface area contributed by atoms with Gasteiger partial charge in [0.05, 0.1) is 17.6 Å². The lowest BCUT2D eigenvalue weighted by atomic mass is 10.2. The van der Waals surface area contributed by atoms with Crippen molar-refractivity contribution < 1.29 is 9.53 Å². The first-order valence-corrected chi connectivity index (χ1v) is 8.57. The summed E-state index contributed by atoms with van der Waals surface area (Å²) in [5.41, 5.74) is 7.37. The van der Waals surface area contributed by atoms with Gasteiger partial charge in [0.1, 0.15) is 5.60 Å². The number of amides is 1. The maximum Gasteiger partial charge on any atom is 0.413 e. The Morgan fingerprint density at radius 3 is 2.56 bits per heavy atom. The third-order valence-corrected chi connectivity index (χ3v) is 3.77. The number of carbonyl (C=O) groups excluding carboxylic acids is 1. The predicted octanol–water partition coefficient (Wildman–Crippen LogP) is 3.37. The molecule has 7 heteroatoms. The monoisotopic (exact) mass is 366 g/mol. The topological polar surface area (TPSA) is 99.2 Å². The summed E-state index contributed by atoms with van der Waals surface area (Å²) < 4.78 is 6.79. The van der Waals surface area contributed by atoms with Gasteiger partial charge in [-0.15, -0.1) is 0 Å². The van der Waals surface area contributed by atoms with Gasteiger partial charge in [-0.05, 0) is 44.5 Å². The molecule has 0 radical (unpaired) electrons. The van der Waals surface area contributed by atoms with E-state index in [1.165, 1.54) is 0 Å². The van der Waals surface area contributed by atoms with E-state index in [-0.39, 0.29) is 5.82 Å². The fourth-order valence-corrected chi connectivity index (χ4v) is 2.67. The lowest BCUT2D eigenvalue weighted by molar-refractivity contribution is 0.0635. The number of aromatic nitrogens is 2. The fourth-order valence-electron chi connectivity index (χ4n) is 2.67. The average Bonchev–Trinajstić information content (AvgIpc) is 2.57. The van der Waals surface area contributed by atoms with Gasteiger partial charge in [-0.25, -0.2) is 9.78 Å². The number of benzene rings is 2. The van der Waals surface area contributed by atoms with Crippen molar-refractivity contribution in [2.45, 2.75) is 32.9 Å². The first-order valence-electron chi connectivity index (χ1n) is 8.57. The SMILES string of the molecule is CC(C)(C)OC(=O)Nc1nc2cc(N)ccc2n(Cc2ccccc2)c1=O. The van der Waals surface area contributed by atoms with E-state index in [1.54, 1.807) is 43.5 Å². The van der Waals surface area contributed by atoms with E-state index < -0.39 is 17.3 Å². The maximum atomic E-state index is 13.0. The van der Waals surface area contributed by atoms with Crippen LogP contribution in [0.15, 0.2) is 53.3 Å². The van der Waals surface area contributed by atoms with Crippen LogP contribution in [0.1, 0.15) is 26.3 Å². The lowest BCUT2D eigenvalue weighted by Gasteiger charge is -2.20. The second-order valence-corrected chi connectivity index (χ2v) is 7.21. The molecule has 0 fully saturated rings. The van der Waals surface area contributed by atoms with Gasteiger partial charge < -0.3 is 10.5 Å². The molecule has 2 aromatic carbocycles. The molecule has 3 aromatic rings. The summed E-state index contributed by atoms with van der Waals surface area (Å²) in [4.78, 5) is 29.4. The first kappa shape index (κ1) is 18.4. The molecule has 1 heterocycles. The van der Waals surface area contributed by atoms with Gasteiger partial charge in [0.15, 0.2) is 0 Å². The van der Waals surface area contributed by atoms with Crippen LogP contribution in [0, 0.1) is 0 Å². The van der Waals surface area contributed by atoms with Gasteiger partial charge in [-0.2, -0.15) is 0 Å². The summed E-state index contributed by atoms with van der Waals surface area (Å²) in [6.07, 6.45) is -0.735. The molecule has 0 aliphatic carbocycles. The first-order chi connectivity index (χ1) is 12.7. The van der Waals surface area contributed by atoms with Crippen LogP contribution in [0.2, 0.25) is 0 Å².